The Morgan fingerprint density at radius 2 is 2.29 bits per heavy atom. The Balaban J connectivity index is 1.56. The summed E-state index contributed by atoms with van der Waals surface area (Å²) < 4.78 is 5.88. The van der Waals surface area contributed by atoms with Crippen molar-refractivity contribution in [2.45, 2.75) is 39.2 Å². The molecule has 21 heavy (non-hydrogen) atoms. The standard InChI is InChI=1S/C17H22N2OS/c1-12(2)13-4-3-5-14(10-13)20-9-7-17-19-15-6-8-18-11-16(15)21-17/h3-5,10,12,18H,6-9,11H2,1-2H3. The molecule has 0 spiro atoms. The summed E-state index contributed by atoms with van der Waals surface area (Å²) in [6, 6.07) is 8.39. The Morgan fingerprint density at radius 3 is 3.10 bits per heavy atom. The highest BCUT2D eigenvalue weighted by atomic mass is 32.1. The molecule has 112 valence electrons. The molecule has 1 aliphatic heterocycles. The normalized spacial score (nSPS) is 14.2. The van der Waals surface area contributed by atoms with Gasteiger partial charge in [-0.1, -0.05) is 26.0 Å². The number of rotatable bonds is 5. The molecule has 1 aromatic heterocycles. The van der Waals surface area contributed by atoms with E-state index in [2.05, 4.69) is 37.4 Å². The van der Waals surface area contributed by atoms with Gasteiger partial charge in [-0.25, -0.2) is 4.98 Å². The molecule has 0 aliphatic carbocycles. The number of nitrogens with zero attached hydrogens (tertiary/aromatic N) is 1. The molecule has 0 fully saturated rings. The Labute approximate surface area is 130 Å². The van der Waals surface area contributed by atoms with E-state index in [9.17, 15) is 0 Å². The molecule has 0 unspecified atom stereocenters. The van der Waals surface area contributed by atoms with E-state index in [4.69, 9.17) is 9.72 Å². The Hall–Kier alpha value is -1.39. The van der Waals surface area contributed by atoms with Crippen LogP contribution < -0.4 is 10.1 Å². The number of aromatic nitrogens is 1. The first kappa shape index (κ1) is 14.5. The van der Waals surface area contributed by atoms with Crippen molar-refractivity contribution in [2.75, 3.05) is 13.2 Å². The van der Waals surface area contributed by atoms with Crippen molar-refractivity contribution in [3.8, 4) is 5.75 Å². The van der Waals surface area contributed by atoms with E-state index < -0.39 is 0 Å². The number of nitrogens with one attached hydrogen (secondary N) is 1. The number of hydrogen-bond acceptors (Lipinski definition) is 4. The summed E-state index contributed by atoms with van der Waals surface area (Å²) in [5, 5.41) is 4.59. The first-order valence-electron chi connectivity index (χ1n) is 7.63. The van der Waals surface area contributed by atoms with E-state index in [1.165, 1.54) is 21.1 Å². The van der Waals surface area contributed by atoms with Gasteiger partial charge >= 0.3 is 0 Å². The highest BCUT2D eigenvalue weighted by Gasteiger charge is 2.14. The second-order valence-corrected chi connectivity index (χ2v) is 6.90. The lowest BCUT2D eigenvalue weighted by molar-refractivity contribution is 0.321. The molecule has 3 nitrogen and oxygen atoms in total. The maximum atomic E-state index is 5.88. The maximum absolute atomic E-state index is 5.88. The van der Waals surface area contributed by atoms with Crippen molar-refractivity contribution >= 4 is 11.3 Å². The average Bonchev–Trinajstić information content (AvgIpc) is 2.90. The van der Waals surface area contributed by atoms with Crippen molar-refractivity contribution in [1.82, 2.24) is 10.3 Å². The second-order valence-electron chi connectivity index (χ2n) is 5.73. The summed E-state index contributed by atoms with van der Waals surface area (Å²) >= 11 is 1.82. The highest BCUT2D eigenvalue weighted by molar-refractivity contribution is 7.11. The van der Waals surface area contributed by atoms with Crippen LogP contribution in [-0.2, 0) is 19.4 Å². The van der Waals surface area contributed by atoms with E-state index in [0.717, 1.165) is 31.7 Å². The predicted octanol–water partition coefficient (Wildman–Crippen LogP) is 3.53. The summed E-state index contributed by atoms with van der Waals surface area (Å²) in [5.74, 6) is 1.50. The smallest absolute Gasteiger partial charge is 0.119 e. The molecular weight excluding hydrogens is 280 g/mol. The van der Waals surface area contributed by atoms with Gasteiger partial charge in [0.2, 0.25) is 0 Å². The van der Waals surface area contributed by atoms with Crippen molar-refractivity contribution in [2.24, 2.45) is 0 Å². The van der Waals surface area contributed by atoms with Crippen LogP contribution in [0, 0.1) is 0 Å². The van der Waals surface area contributed by atoms with Crippen LogP contribution >= 0.6 is 11.3 Å². The third kappa shape index (κ3) is 3.63. The highest BCUT2D eigenvalue weighted by Crippen LogP contribution is 2.23. The summed E-state index contributed by atoms with van der Waals surface area (Å²) in [6.07, 6.45) is 1.95. The van der Waals surface area contributed by atoms with Crippen molar-refractivity contribution in [1.29, 1.82) is 0 Å². The van der Waals surface area contributed by atoms with Crippen LogP contribution in [0.15, 0.2) is 24.3 Å². The fourth-order valence-electron chi connectivity index (χ4n) is 2.51. The average molecular weight is 302 g/mol. The molecular formula is C17H22N2OS. The molecule has 1 aliphatic rings. The SMILES string of the molecule is CC(C)c1cccc(OCCc2nc3c(s2)CNCC3)c1. The number of ether oxygens (including phenoxy) is 1. The molecule has 4 heteroatoms. The van der Waals surface area contributed by atoms with E-state index in [1.807, 2.05) is 17.4 Å². The molecule has 0 amide bonds. The van der Waals surface area contributed by atoms with Gasteiger partial charge in [-0.05, 0) is 23.6 Å². The van der Waals surface area contributed by atoms with Crippen LogP contribution in [0.3, 0.4) is 0 Å². The number of benzene rings is 1. The number of fused-ring (bicyclic) bond motifs is 1. The molecule has 1 N–H and O–H groups in total. The summed E-state index contributed by atoms with van der Waals surface area (Å²) in [6.45, 7) is 7.13. The van der Waals surface area contributed by atoms with Crippen LogP contribution in [-0.4, -0.2) is 18.1 Å². The third-order valence-corrected chi connectivity index (χ3v) is 4.91. The lowest BCUT2D eigenvalue weighted by atomic mass is 10.0. The number of hydrogen-bond donors (Lipinski definition) is 1. The van der Waals surface area contributed by atoms with Gasteiger partial charge in [-0.3, -0.25) is 0 Å². The fraction of sp³-hybridized carbons (Fsp3) is 0.471. The summed E-state index contributed by atoms with van der Waals surface area (Å²) in [7, 11) is 0. The number of thiazole rings is 1. The molecule has 1 aromatic carbocycles. The van der Waals surface area contributed by atoms with Gasteiger partial charge in [0.05, 0.1) is 17.3 Å². The zero-order valence-electron chi connectivity index (χ0n) is 12.7. The van der Waals surface area contributed by atoms with Gasteiger partial charge in [-0.15, -0.1) is 11.3 Å². The summed E-state index contributed by atoms with van der Waals surface area (Å²) in [4.78, 5) is 6.13. The van der Waals surface area contributed by atoms with Gasteiger partial charge < -0.3 is 10.1 Å². The zero-order valence-corrected chi connectivity index (χ0v) is 13.5. The van der Waals surface area contributed by atoms with Gasteiger partial charge in [-0.2, -0.15) is 0 Å². The lowest BCUT2D eigenvalue weighted by Gasteiger charge is -2.09. The van der Waals surface area contributed by atoms with Gasteiger partial charge in [0.25, 0.3) is 0 Å². The molecule has 0 bridgehead atoms. The van der Waals surface area contributed by atoms with Crippen LogP contribution in [0.4, 0.5) is 0 Å². The van der Waals surface area contributed by atoms with Gasteiger partial charge in [0, 0.05) is 30.8 Å². The largest absolute Gasteiger partial charge is 0.493 e. The van der Waals surface area contributed by atoms with E-state index in [-0.39, 0.29) is 0 Å². The van der Waals surface area contributed by atoms with E-state index in [0.29, 0.717) is 12.5 Å². The predicted molar refractivity (Wildman–Crippen MR) is 87.3 cm³/mol. The first-order chi connectivity index (χ1) is 10.2. The monoisotopic (exact) mass is 302 g/mol. The van der Waals surface area contributed by atoms with Crippen LogP contribution in [0.1, 0.15) is 40.9 Å². The van der Waals surface area contributed by atoms with Crippen LogP contribution in [0.2, 0.25) is 0 Å². The zero-order chi connectivity index (χ0) is 14.7. The topological polar surface area (TPSA) is 34.1 Å². The van der Waals surface area contributed by atoms with Crippen molar-refractivity contribution in [3.05, 3.63) is 45.4 Å². The molecule has 2 aromatic rings. The molecule has 2 heterocycles. The molecule has 0 saturated carbocycles. The molecule has 0 saturated heterocycles. The third-order valence-electron chi connectivity index (χ3n) is 3.76. The fourth-order valence-corrected chi connectivity index (χ4v) is 3.57. The second kappa shape index (κ2) is 6.58. The Morgan fingerprint density at radius 1 is 1.38 bits per heavy atom. The minimum absolute atomic E-state index is 0.534. The van der Waals surface area contributed by atoms with Crippen LogP contribution in [0.5, 0.6) is 5.75 Å². The molecule has 0 radical (unpaired) electrons. The van der Waals surface area contributed by atoms with E-state index >= 15 is 0 Å². The lowest BCUT2D eigenvalue weighted by Crippen LogP contribution is -2.22. The Kier molecular flexibility index (Phi) is 4.56. The molecule has 3 rings (SSSR count). The summed E-state index contributed by atoms with van der Waals surface area (Å²) in [5.41, 5.74) is 2.61. The van der Waals surface area contributed by atoms with Crippen molar-refractivity contribution < 1.29 is 4.74 Å². The maximum Gasteiger partial charge on any atom is 0.119 e. The molecule has 0 atom stereocenters. The Bertz CT molecular complexity index is 583. The minimum atomic E-state index is 0.534. The van der Waals surface area contributed by atoms with Gasteiger partial charge in [0.15, 0.2) is 0 Å². The quantitative estimate of drug-likeness (QED) is 0.917. The van der Waals surface area contributed by atoms with Crippen LogP contribution in [0.25, 0.3) is 0 Å². The first-order valence-corrected chi connectivity index (χ1v) is 8.45. The van der Waals surface area contributed by atoms with E-state index in [1.54, 1.807) is 0 Å². The minimum Gasteiger partial charge on any atom is -0.493 e. The van der Waals surface area contributed by atoms with Crippen molar-refractivity contribution in [3.63, 3.8) is 0 Å². The van der Waals surface area contributed by atoms with Gasteiger partial charge in [0.1, 0.15) is 5.75 Å².